The minimum atomic E-state index is 0. The molecule has 1 N–H and O–H groups in total. The molecule has 0 aromatic heterocycles. The molecule has 0 aliphatic heterocycles. The first kappa shape index (κ1) is 9.56. The van der Waals surface area contributed by atoms with Crippen molar-refractivity contribution in [1.29, 1.82) is 0 Å². The Morgan fingerprint density at radius 2 is 1.50 bits per heavy atom. The molecule has 2 heteroatoms. The molecule has 0 aromatic carbocycles. The van der Waals surface area contributed by atoms with Gasteiger partial charge in [-0.2, -0.15) is 0 Å². The van der Waals surface area contributed by atoms with Crippen molar-refractivity contribution in [2.75, 3.05) is 0 Å². The second-order valence-electron chi connectivity index (χ2n) is 0.575. The van der Waals surface area contributed by atoms with Crippen LogP contribution in [-0.4, -0.2) is 29.6 Å². The molecule has 0 atom stereocenters. The molecule has 0 spiro atoms. The van der Waals surface area contributed by atoms with Gasteiger partial charge in [0.1, 0.15) is 0 Å². The SMILES string of the molecule is C=CNC=C.[NaH]. The van der Waals surface area contributed by atoms with Crippen LogP contribution in [0.15, 0.2) is 25.6 Å². The van der Waals surface area contributed by atoms with Gasteiger partial charge < -0.3 is 5.32 Å². The van der Waals surface area contributed by atoms with Crippen LogP contribution in [0.3, 0.4) is 0 Å². The van der Waals surface area contributed by atoms with Crippen LogP contribution in [0, 0.1) is 0 Å². The van der Waals surface area contributed by atoms with E-state index < -0.39 is 0 Å². The van der Waals surface area contributed by atoms with Crippen molar-refractivity contribution in [3.8, 4) is 0 Å². The maximum atomic E-state index is 3.37. The van der Waals surface area contributed by atoms with E-state index in [9.17, 15) is 0 Å². The van der Waals surface area contributed by atoms with E-state index in [1.165, 1.54) is 0 Å². The first-order chi connectivity index (χ1) is 2.41. The van der Waals surface area contributed by atoms with Crippen LogP contribution in [0.1, 0.15) is 0 Å². The zero-order valence-corrected chi connectivity index (χ0v) is 3.07. The molecule has 0 rings (SSSR count). The Morgan fingerprint density at radius 1 is 1.17 bits per heavy atom. The summed E-state index contributed by atoms with van der Waals surface area (Å²) in [6.07, 6.45) is 3.12. The van der Waals surface area contributed by atoms with Crippen LogP contribution < -0.4 is 5.32 Å². The fraction of sp³-hybridized carbons (Fsp3) is 0. The summed E-state index contributed by atoms with van der Waals surface area (Å²) >= 11 is 0. The molecule has 0 aliphatic rings. The van der Waals surface area contributed by atoms with Gasteiger partial charge in [0.15, 0.2) is 0 Å². The van der Waals surface area contributed by atoms with Gasteiger partial charge in [-0.1, -0.05) is 13.2 Å². The van der Waals surface area contributed by atoms with Crippen molar-refractivity contribution < 1.29 is 0 Å². The molecule has 0 fully saturated rings. The molecule has 30 valence electrons. The van der Waals surface area contributed by atoms with Crippen molar-refractivity contribution in [1.82, 2.24) is 5.32 Å². The van der Waals surface area contributed by atoms with Crippen LogP contribution in [0.4, 0.5) is 0 Å². The summed E-state index contributed by atoms with van der Waals surface area (Å²) in [6.45, 7) is 6.74. The third-order valence-corrected chi connectivity index (χ3v) is 0.236. The molecule has 0 saturated carbocycles. The summed E-state index contributed by atoms with van der Waals surface area (Å²) < 4.78 is 0. The predicted molar refractivity (Wildman–Crippen MR) is 30.7 cm³/mol. The summed E-state index contributed by atoms with van der Waals surface area (Å²) in [4.78, 5) is 0. The maximum absolute atomic E-state index is 3.37. The van der Waals surface area contributed by atoms with Gasteiger partial charge in [0.05, 0.1) is 0 Å². The Hall–Kier alpha value is 0.280. The molecule has 0 radical (unpaired) electrons. The molecular weight excluding hydrogens is 85.0 g/mol. The van der Waals surface area contributed by atoms with Gasteiger partial charge in [-0.05, 0) is 12.4 Å². The first-order valence-corrected chi connectivity index (χ1v) is 1.39. The third-order valence-electron chi connectivity index (χ3n) is 0.236. The number of hydrogen-bond donors (Lipinski definition) is 1. The van der Waals surface area contributed by atoms with Crippen molar-refractivity contribution in [2.45, 2.75) is 0 Å². The topological polar surface area (TPSA) is 12.0 Å². The van der Waals surface area contributed by atoms with Crippen LogP contribution in [0.5, 0.6) is 0 Å². The van der Waals surface area contributed by atoms with Crippen molar-refractivity contribution in [2.24, 2.45) is 0 Å². The predicted octanol–water partition coefficient (Wildman–Crippen LogP) is 0.214. The Morgan fingerprint density at radius 3 is 1.50 bits per heavy atom. The monoisotopic (exact) mass is 93.1 g/mol. The molecule has 1 nitrogen and oxygen atoms in total. The molecule has 6 heavy (non-hydrogen) atoms. The molecule has 0 bridgehead atoms. The van der Waals surface area contributed by atoms with Crippen molar-refractivity contribution >= 4 is 29.6 Å². The second kappa shape index (κ2) is 8.99. The summed E-state index contributed by atoms with van der Waals surface area (Å²) in [5.41, 5.74) is 0. The fourth-order valence-corrected chi connectivity index (χ4v) is 0.0833. The molecule has 0 amide bonds. The van der Waals surface area contributed by atoms with Crippen LogP contribution >= 0.6 is 0 Å². The second-order valence-corrected chi connectivity index (χ2v) is 0.575. The Labute approximate surface area is 60.4 Å². The van der Waals surface area contributed by atoms with Crippen LogP contribution in [-0.2, 0) is 0 Å². The van der Waals surface area contributed by atoms with E-state index in [0.717, 1.165) is 0 Å². The zero-order valence-electron chi connectivity index (χ0n) is 3.07. The van der Waals surface area contributed by atoms with E-state index in [0.29, 0.717) is 0 Å². The van der Waals surface area contributed by atoms with E-state index in [2.05, 4.69) is 18.5 Å². The van der Waals surface area contributed by atoms with Gasteiger partial charge in [-0.15, -0.1) is 0 Å². The van der Waals surface area contributed by atoms with E-state index in [4.69, 9.17) is 0 Å². The number of rotatable bonds is 2. The van der Waals surface area contributed by atoms with Crippen molar-refractivity contribution in [3.05, 3.63) is 25.6 Å². The van der Waals surface area contributed by atoms with E-state index in [1.54, 1.807) is 12.4 Å². The van der Waals surface area contributed by atoms with Crippen LogP contribution in [0.2, 0.25) is 0 Å². The zero-order chi connectivity index (χ0) is 4.12. The Bertz CT molecular complexity index is 36.8. The summed E-state index contributed by atoms with van der Waals surface area (Å²) in [5.74, 6) is 0. The molecule has 0 heterocycles. The first-order valence-electron chi connectivity index (χ1n) is 1.39. The standard InChI is InChI=1S/C4H7N.Na.H/c1-3-5-4-2;;/h3-5H,1-2H2;;. The molecule has 0 aromatic rings. The van der Waals surface area contributed by atoms with E-state index >= 15 is 0 Å². The van der Waals surface area contributed by atoms with Crippen molar-refractivity contribution in [3.63, 3.8) is 0 Å². The summed E-state index contributed by atoms with van der Waals surface area (Å²) in [6, 6.07) is 0. The van der Waals surface area contributed by atoms with Crippen LogP contribution in [0.25, 0.3) is 0 Å². The quantitative estimate of drug-likeness (QED) is 0.481. The van der Waals surface area contributed by atoms with Gasteiger partial charge in [0.25, 0.3) is 0 Å². The third kappa shape index (κ3) is 8.86. The normalized spacial score (nSPS) is 4.67. The average Bonchev–Trinajstić information content (AvgIpc) is 1.41. The molecule has 0 saturated heterocycles. The van der Waals surface area contributed by atoms with Gasteiger partial charge in [0.2, 0.25) is 0 Å². The summed E-state index contributed by atoms with van der Waals surface area (Å²) in [5, 5.41) is 2.64. The fourth-order valence-electron chi connectivity index (χ4n) is 0.0833. The Balaban J connectivity index is 0. The van der Waals surface area contributed by atoms with Gasteiger partial charge >= 0.3 is 29.6 Å². The Kier molecular flexibility index (Phi) is 14.3. The van der Waals surface area contributed by atoms with E-state index in [-0.39, 0.29) is 29.6 Å². The minimum absolute atomic E-state index is 0. The van der Waals surface area contributed by atoms with E-state index in [1.807, 2.05) is 0 Å². The molecular formula is C4H8NNa. The van der Waals surface area contributed by atoms with Gasteiger partial charge in [0, 0.05) is 0 Å². The van der Waals surface area contributed by atoms with Gasteiger partial charge in [-0.25, -0.2) is 0 Å². The number of hydrogen-bond acceptors (Lipinski definition) is 1. The van der Waals surface area contributed by atoms with Gasteiger partial charge in [-0.3, -0.25) is 0 Å². The number of nitrogens with one attached hydrogen (secondary N) is 1. The average molecular weight is 93.1 g/mol. The summed E-state index contributed by atoms with van der Waals surface area (Å²) in [7, 11) is 0. The molecule has 0 unspecified atom stereocenters. The molecule has 0 aliphatic carbocycles.